The number of hydrogen-bond donors (Lipinski definition) is 1. The first-order valence-corrected chi connectivity index (χ1v) is 10.2. The Labute approximate surface area is 166 Å². The largest absolute Gasteiger partial charge is 0.494 e. The minimum atomic E-state index is -0.0653. The Balaban J connectivity index is 1.71. The van der Waals surface area contributed by atoms with Crippen molar-refractivity contribution in [3.8, 4) is 17.2 Å². The van der Waals surface area contributed by atoms with E-state index in [0.717, 1.165) is 34.7 Å². The molecule has 5 heteroatoms. The molecular formula is C23H27NO4. The lowest BCUT2D eigenvalue weighted by atomic mass is 9.83. The summed E-state index contributed by atoms with van der Waals surface area (Å²) in [5, 5.41) is 2.97. The first-order chi connectivity index (χ1) is 13.7. The van der Waals surface area contributed by atoms with Crippen LogP contribution < -0.4 is 19.5 Å². The van der Waals surface area contributed by atoms with E-state index in [0.29, 0.717) is 18.8 Å². The first-order valence-electron chi connectivity index (χ1n) is 10.2. The molecule has 2 aliphatic heterocycles. The van der Waals surface area contributed by atoms with E-state index in [2.05, 4.69) is 30.4 Å². The van der Waals surface area contributed by atoms with Gasteiger partial charge in [0.1, 0.15) is 5.75 Å². The number of hydrogen-bond acceptors (Lipinski definition) is 4. The molecule has 2 aliphatic rings. The number of rotatable bonds is 7. The Kier molecular flexibility index (Phi) is 5.42. The van der Waals surface area contributed by atoms with Crippen molar-refractivity contribution in [2.75, 3.05) is 18.7 Å². The number of carbonyl (C=O) groups excluding carboxylic acids is 1. The van der Waals surface area contributed by atoms with Crippen molar-refractivity contribution in [1.29, 1.82) is 0 Å². The van der Waals surface area contributed by atoms with Crippen molar-refractivity contribution in [3.63, 3.8) is 0 Å². The van der Waals surface area contributed by atoms with Crippen LogP contribution in [-0.4, -0.2) is 19.3 Å². The van der Waals surface area contributed by atoms with Crippen LogP contribution in [0.1, 0.15) is 62.1 Å². The maximum Gasteiger partial charge on any atom is 0.231 e. The third-order valence-electron chi connectivity index (χ3n) is 5.41. The molecule has 4 rings (SSSR count). The van der Waals surface area contributed by atoms with Crippen LogP contribution in [-0.2, 0) is 11.2 Å². The minimum Gasteiger partial charge on any atom is -0.494 e. The Morgan fingerprint density at radius 1 is 1.07 bits per heavy atom. The van der Waals surface area contributed by atoms with E-state index in [-0.39, 0.29) is 18.6 Å². The number of benzene rings is 2. The maximum absolute atomic E-state index is 12.4. The summed E-state index contributed by atoms with van der Waals surface area (Å²) in [4.78, 5) is 12.4. The molecule has 28 heavy (non-hydrogen) atoms. The van der Waals surface area contributed by atoms with Gasteiger partial charge in [0.2, 0.25) is 12.7 Å². The molecule has 0 saturated carbocycles. The third kappa shape index (κ3) is 3.66. The van der Waals surface area contributed by atoms with E-state index >= 15 is 0 Å². The number of ether oxygens (including phenoxy) is 3. The number of carbonyl (C=O) groups is 1. The minimum absolute atomic E-state index is 0.00540. The van der Waals surface area contributed by atoms with Gasteiger partial charge in [-0.25, -0.2) is 0 Å². The summed E-state index contributed by atoms with van der Waals surface area (Å²) < 4.78 is 17.0. The zero-order valence-electron chi connectivity index (χ0n) is 16.5. The molecule has 0 fully saturated rings. The number of fused-ring (bicyclic) bond motifs is 2. The summed E-state index contributed by atoms with van der Waals surface area (Å²) >= 11 is 0. The number of amides is 1. The quantitative estimate of drug-likeness (QED) is 0.684. The van der Waals surface area contributed by atoms with Gasteiger partial charge in [-0.2, -0.15) is 0 Å². The van der Waals surface area contributed by atoms with Gasteiger partial charge >= 0.3 is 0 Å². The van der Waals surface area contributed by atoms with Gasteiger partial charge in [-0.3, -0.25) is 4.79 Å². The lowest BCUT2D eigenvalue weighted by Crippen LogP contribution is -2.24. The van der Waals surface area contributed by atoms with E-state index in [1.165, 1.54) is 24.8 Å². The Bertz CT molecular complexity index is 877. The topological polar surface area (TPSA) is 56.8 Å². The fourth-order valence-corrected chi connectivity index (χ4v) is 4.01. The van der Waals surface area contributed by atoms with Gasteiger partial charge < -0.3 is 19.5 Å². The van der Waals surface area contributed by atoms with Gasteiger partial charge in [0, 0.05) is 29.7 Å². The first kappa shape index (κ1) is 18.7. The second-order valence-corrected chi connectivity index (χ2v) is 7.36. The van der Waals surface area contributed by atoms with Crippen molar-refractivity contribution in [2.45, 2.75) is 51.9 Å². The normalized spacial score (nSPS) is 17.2. The van der Waals surface area contributed by atoms with Crippen LogP contribution in [0.5, 0.6) is 17.2 Å². The van der Waals surface area contributed by atoms with Gasteiger partial charge in [0.25, 0.3) is 0 Å². The predicted molar refractivity (Wildman–Crippen MR) is 108 cm³/mol. The summed E-state index contributed by atoms with van der Waals surface area (Å²) in [6.07, 6.45) is 5.06. The number of nitrogens with one attached hydrogen (secondary N) is 1. The monoisotopic (exact) mass is 381 g/mol. The van der Waals surface area contributed by atoms with Crippen LogP contribution in [0.4, 0.5) is 5.69 Å². The highest BCUT2D eigenvalue weighted by molar-refractivity contribution is 5.96. The van der Waals surface area contributed by atoms with Gasteiger partial charge in [0.15, 0.2) is 11.5 Å². The molecule has 0 radical (unpaired) electrons. The molecule has 0 aromatic heterocycles. The molecule has 5 nitrogen and oxygen atoms in total. The van der Waals surface area contributed by atoms with Gasteiger partial charge in [-0.15, -0.1) is 0 Å². The number of unbranched alkanes of at least 4 members (excludes halogenated alkanes) is 2. The molecule has 0 aliphatic carbocycles. The van der Waals surface area contributed by atoms with E-state index in [9.17, 15) is 4.79 Å². The highest BCUT2D eigenvalue weighted by Gasteiger charge is 2.31. The summed E-state index contributed by atoms with van der Waals surface area (Å²) in [5.74, 6) is 2.22. The van der Waals surface area contributed by atoms with Gasteiger partial charge in [0.05, 0.1) is 6.61 Å². The van der Waals surface area contributed by atoms with Crippen molar-refractivity contribution in [2.24, 2.45) is 0 Å². The number of anilines is 1. The Morgan fingerprint density at radius 2 is 1.89 bits per heavy atom. The number of aryl methyl sites for hydroxylation is 1. The average Bonchev–Trinajstić information content (AvgIpc) is 3.14. The molecule has 0 bridgehead atoms. The van der Waals surface area contributed by atoms with E-state index in [4.69, 9.17) is 14.2 Å². The second kappa shape index (κ2) is 8.13. The van der Waals surface area contributed by atoms with E-state index < -0.39 is 0 Å². The van der Waals surface area contributed by atoms with Gasteiger partial charge in [-0.1, -0.05) is 31.9 Å². The van der Waals surface area contributed by atoms with Crippen molar-refractivity contribution in [3.05, 3.63) is 47.0 Å². The lowest BCUT2D eigenvalue weighted by molar-refractivity contribution is -0.116. The third-order valence-corrected chi connectivity index (χ3v) is 5.41. The van der Waals surface area contributed by atoms with Gasteiger partial charge in [-0.05, 0) is 43.0 Å². The van der Waals surface area contributed by atoms with Crippen LogP contribution in [0.15, 0.2) is 30.3 Å². The fraction of sp³-hybridized carbons (Fsp3) is 0.435. The lowest BCUT2D eigenvalue weighted by Gasteiger charge is -2.28. The van der Waals surface area contributed by atoms with Crippen LogP contribution >= 0.6 is 0 Å². The molecule has 1 atom stereocenters. The molecule has 2 aromatic rings. The van der Waals surface area contributed by atoms with Crippen LogP contribution in [0.2, 0.25) is 0 Å². The van der Waals surface area contributed by atoms with Crippen molar-refractivity contribution in [1.82, 2.24) is 0 Å². The van der Waals surface area contributed by atoms with Crippen molar-refractivity contribution >= 4 is 11.6 Å². The smallest absolute Gasteiger partial charge is 0.231 e. The zero-order chi connectivity index (χ0) is 19.5. The summed E-state index contributed by atoms with van der Waals surface area (Å²) in [7, 11) is 0. The van der Waals surface area contributed by atoms with Crippen molar-refractivity contribution < 1.29 is 19.0 Å². The SMILES string of the molecule is CCCCCc1ccc(C2CC(=O)Nc3cc4c(cc32)OCO4)c(OCC)c1. The molecule has 2 aromatic carbocycles. The van der Waals surface area contributed by atoms with Crippen LogP contribution in [0, 0.1) is 0 Å². The standard InChI is InChI=1S/C23H27NO4/c1-3-5-6-7-15-8-9-16(20(10-15)26-4-2)17-12-23(25)24-19-13-22-21(11-18(17)19)27-14-28-22/h8-11,13,17H,3-7,12,14H2,1-2H3,(H,24,25). The highest BCUT2D eigenvalue weighted by Crippen LogP contribution is 2.46. The second-order valence-electron chi connectivity index (χ2n) is 7.36. The zero-order valence-corrected chi connectivity index (χ0v) is 16.5. The van der Waals surface area contributed by atoms with E-state index in [1.807, 2.05) is 19.1 Å². The molecule has 1 amide bonds. The molecule has 1 N–H and O–H groups in total. The summed E-state index contributed by atoms with van der Waals surface area (Å²) in [6, 6.07) is 10.3. The molecule has 0 saturated heterocycles. The Morgan fingerprint density at radius 3 is 2.68 bits per heavy atom. The summed E-state index contributed by atoms with van der Waals surface area (Å²) in [6.45, 7) is 5.02. The highest BCUT2D eigenvalue weighted by atomic mass is 16.7. The fourth-order valence-electron chi connectivity index (χ4n) is 4.01. The maximum atomic E-state index is 12.4. The average molecular weight is 381 g/mol. The molecule has 2 heterocycles. The van der Waals surface area contributed by atoms with Crippen LogP contribution in [0.25, 0.3) is 0 Å². The molecule has 1 unspecified atom stereocenters. The predicted octanol–water partition coefficient (Wildman–Crippen LogP) is 5.02. The molecular weight excluding hydrogens is 354 g/mol. The van der Waals surface area contributed by atoms with Crippen LogP contribution in [0.3, 0.4) is 0 Å². The molecule has 148 valence electrons. The van der Waals surface area contributed by atoms with E-state index in [1.54, 1.807) is 0 Å². The molecule has 0 spiro atoms. The Hall–Kier alpha value is -2.69. The summed E-state index contributed by atoms with van der Waals surface area (Å²) in [5.41, 5.74) is 4.17.